The first kappa shape index (κ1) is 16.4. The molecule has 7 heteroatoms. The van der Waals surface area contributed by atoms with Crippen LogP contribution in [0.3, 0.4) is 0 Å². The maximum atomic E-state index is 12.7. The molecule has 1 aromatic carbocycles. The number of hydrogen-bond donors (Lipinski definition) is 1. The van der Waals surface area contributed by atoms with Gasteiger partial charge >= 0.3 is 5.97 Å². The molecule has 0 amide bonds. The van der Waals surface area contributed by atoms with Crippen LogP contribution in [0, 0.1) is 5.92 Å². The van der Waals surface area contributed by atoms with E-state index in [1.54, 1.807) is 28.6 Å². The van der Waals surface area contributed by atoms with Crippen molar-refractivity contribution in [2.24, 2.45) is 5.92 Å². The number of hydrogen-bond acceptors (Lipinski definition) is 5. The number of ether oxygens (including phenoxy) is 1. The first-order chi connectivity index (χ1) is 11.0. The number of esters is 1. The molecular weight excluding hydrogens is 316 g/mol. The summed E-state index contributed by atoms with van der Waals surface area (Å²) in [6.07, 6.45) is 1.90. The van der Waals surface area contributed by atoms with Crippen LogP contribution in [0.15, 0.2) is 24.3 Å². The van der Waals surface area contributed by atoms with Crippen LogP contribution < -0.4 is 5.32 Å². The Labute approximate surface area is 136 Å². The second-order valence-electron chi connectivity index (χ2n) is 6.20. The molecule has 0 aromatic heterocycles. The fourth-order valence-corrected chi connectivity index (χ4v) is 5.06. The van der Waals surface area contributed by atoms with Gasteiger partial charge in [0.2, 0.25) is 10.0 Å². The zero-order valence-electron chi connectivity index (χ0n) is 13.2. The molecule has 126 valence electrons. The minimum Gasteiger partial charge on any atom is -0.465 e. The van der Waals surface area contributed by atoms with Crippen LogP contribution in [0.25, 0.3) is 0 Å². The fraction of sp³-hybridized carbons (Fsp3) is 0.562. The number of carbonyl (C=O) groups is 1. The highest BCUT2D eigenvalue weighted by Gasteiger charge is 2.36. The summed E-state index contributed by atoms with van der Waals surface area (Å²) in [5.74, 6) is -0.121. The summed E-state index contributed by atoms with van der Waals surface area (Å²) in [5, 5.41) is 3.43. The van der Waals surface area contributed by atoms with Gasteiger partial charge in [0, 0.05) is 19.1 Å². The van der Waals surface area contributed by atoms with Gasteiger partial charge in [-0.3, -0.25) is 0 Å². The van der Waals surface area contributed by atoms with Crippen molar-refractivity contribution in [3.8, 4) is 0 Å². The van der Waals surface area contributed by atoms with E-state index < -0.39 is 16.0 Å². The van der Waals surface area contributed by atoms with Gasteiger partial charge in [-0.05, 0) is 43.0 Å². The predicted molar refractivity (Wildman–Crippen MR) is 86.5 cm³/mol. The van der Waals surface area contributed by atoms with Crippen molar-refractivity contribution >= 4 is 16.0 Å². The molecule has 0 radical (unpaired) electrons. The van der Waals surface area contributed by atoms with Crippen LogP contribution >= 0.6 is 0 Å². The normalized spacial score (nSPS) is 25.1. The number of piperidine rings is 1. The Morgan fingerprint density at radius 3 is 3.00 bits per heavy atom. The lowest BCUT2D eigenvalue weighted by molar-refractivity contribution is 0.0600. The van der Waals surface area contributed by atoms with Gasteiger partial charge in [0.25, 0.3) is 0 Å². The molecule has 0 aliphatic carbocycles. The van der Waals surface area contributed by atoms with Gasteiger partial charge in [0.05, 0.1) is 18.4 Å². The number of fused-ring (bicyclic) bond motifs is 1. The maximum Gasteiger partial charge on any atom is 0.337 e. The van der Waals surface area contributed by atoms with Crippen LogP contribution in [0.5, 0.6) is 0 Å². The number of sulfonamides is 1. The molecular formula is C16H22N2O4S. The second-order valence-corrected chi connectivity index (χ2v) is 8.17. The van der Waals surface area contributed by atoms with E-state index >= 15 is 0 Å². The summed E-state index contributed by atoms with van der Waals surface area (Å²) < 4.78 is 31.6. The zero-order chi connectivity index (χ0) is 16.4. The SMILES string of the molecule is COC(=O)c1cccc(CS(=O)(=O)N2CCC3NCCC3C2)c1. The fourth-order valence-electron chi connectivity index (χ4n) is 3.47. The van der Waals surface area contributed by atoms with Gasteiger partial charge in [-0.2, -0.15) is 0 Å². The first-order valence-corrected chi connectivity index (χ1v) is 9.49. The molecule has 0 saturated carbocycles. The third-order valence-electron chi connectivity index (χ3n) is 4.71. The van der Waals surface area contributed by atoms with Crippen molar-refractivity contribution < 1.29 is 17.9 Å². The van der Waals surface area contributed by atoms with E-state index in [0.717, 1.165) is 19.4 Å². The van der Waals surface area contributed by atoms with Gasteiger partial charge < -0.3 is 10.1 Å². The molecule has 0 spiro atoms. The van der Waals surface area contributed by atoms with Crippen molar-refractivity contribution in [2.45, 2.75) is 24.6 Å². The molecule has 2 saturated heterocycles. The van der Waals surface area contributed by atoms with E-state index in [1.807, 2.05) is 0 Å². The highest BCUT2D eigenvalue weighted by Crippen LogP contribution is 2.27. The van der Waals surface area contributed by atoms with E-state index in [4.69, 9.17) is 0 Å². The van der Waals surface area contributed by atoms with Gasteiger partial charge in [-0.1, -0.05) is 12.1 Å². The quantitative estimate of drug-likeness (QED) is 0.829. The van der Waals surface area contributed by atoms with E-state index in [-0.39, 0.29) is 5.75 Å². The number of nitrogens with one attached hydrogen (secondary N) is 1. The zero-order valence-corrected chi connectivity index (χ0v) is 14.0. The Morgan fingerprint density at radius 1 is 1.39 bits per heavy atom. The van der Waals surface area contributed by atoms with Crippen molar-refractivity contribution in [1.82, 2.24) is 9.62 Å². The van der Waals surface area contributed by atoms with Crippen molar-refractivity contribution in [3.05, 3.63) is 35.4 Å². The molecule has 2 fully saturated rings. The standard InChI is InChI=1S/C16H22N2O4S/c1-22-16(19)13-4-2-3-12(9-13)11-23(20,21)18-8-6-15-14(10-18)5-7-17-15/h2-4,9,14-15,17H,5-8,10-11H2,1H3. The second kappa shape index (κ2) is 6.59. The van der Waals surface area contributed by atoms with Gasteiger partial charge in [-0.25, -0.2) is 17.5 Å². The van der Waals surface area contributed by atoms with Crippen molar-refractivity contribution in [1.29, 1.82) is 0 Å². The summed E-state index contributed by atoms with van der Waals surface area (Å²) in [6, 6.07) is 7.09. The van der Waals surface area contributed by atoms with Crippen LogP contribution in [-0.4, -0.2) is 51.5 Å². The third-order valence-corrected chi connectivity index (χ3v) is 6.53. The Morgan fingerprint density at radius 2 is 2.22 bits per heavy atom. The number of rotatable bonds is 4. The summed E-state index contributed by atoms with van der Waals surface area (Å²) in [4.78, 5) is 11.6. The summed E-state index contributed by atoms with van der Waals surface area (Å²) >= 11 is 0. The first-order valence-electron chi connectivity index (χ1n) is 7.88. The molecule has 23 heavy (non-hydrogen) atoms. The molecule has 1 aromatic rings. The molecule has 0 bridgehead atoms. The lowest BCUT2D eigenvalue weighted by Gasteiger charge is -2.34. The molecule has 2 aliphatic heterocycles. The largest absolute Gasteiger partial charge is 0.465 e. The third kappa shape index (κ3) is 3.57. The lowest BCUT2D eigenvalue weighted by Crippen LogP contribution is -2.47. The number of carbonyl (C=O) groups excluding carboxylic acids is 1. The predicted octanol–water partition coefficient (Wildman–Crippen LogP) is 0.987. The van der Waals surface area contributed by atoms with Crippen molar-refractivity contribution in [2.75, 3.05) is 26.7 Å². The Balaban J connectivity index is 1.72. The van der Waals surface area contributed by atoms with E-state index in [2.05, 4.69) is 10.1 Å². The van der Waals surface area contributed by atoms with Crippen LogP contribution in [0.4, 0.5) is 0 Å². The number of nitrogens with zero attached hydrogens (tertiary/aromatic N) is 1. The van der Waals surface area contributed by atoms with Crippen LogP contribution in [0.2, 0.25) is 0 Å². The monoisotopic (exact) mass is 338 g/mol. The molecule has 2 atom stereocenters. The molecule has 6 nitrogen and oxygen atoms in total. The summed E-state index contributed by atoms with van der Waals surface area (Å²) in [7, 11) is -2.06. The molecule has 2 unspecified atom stereocenters. The van der Waals surface area contributed by atoms with E-state index in [1.165, 1.54) is 7.11 Å². The average Bonchev–Trinajstić information content (AvgIpc) is 3.01. The smallest absolute Gasteiger partial charge is 0.337 e. The lowest BCUT2D eigenvalue weighted by atomic mass is 9.95. The highest BCUT2D eigenvalue weighted by atomic mass is 32.2. The number of methoxy groups -OCH3 is 1. The Hall–Kier alpha value is -1.44. The average molecular weight is 338 g/mol. The highest BCUT2D eigenvalue weighted by molar-refractivity contribution is 7.88. The summed E-state index contributed by atoms with van der Waals surface area (Å²) in [5.41, 5.74) is 0.985. The van der Waals surface area contributed by atoms with Crippen molar-refractivity contribution in [3.63, 3.8) is 0 Å². The minimum atomic E-state index is -3.37. The van der Waals surface area contributed by atoms with Crippen LogP contribution in [0.1, 0.15) is 28.8 Å². The molecule has 2 heterocycles. The number of benzene rings is 1. The van der Waals surface area contributed by atoms with Gasteiger partial charge in [-0.15, -0.1) is 0 Å². The van der Waals surface area contributed by atoms with E-state index in [9.17, 15) is 13.2 Å². The Bertz CT molecular complexity index is 689. The minimum absolute atomic E-state index is 0.0807. The molecule has 1 N–H and O–H groups in total. The van der Waals surface area contributed by atoms with Gasteiger partial charge in [0.1, 0.15) is 0 Å². The van der Waals surface area contributed by atoms with Gasteiger partial charge in [0.15, 0.2) is 0 Å². The summed E-state index contributed by atoms with van der Waals surface area (Å²) in [6.45, 7) is 2.13. The van der Waals surface area contributed by atoms with Crippen LogP contribution in [-0.2, 0) is 20.5 Å². The maximum absolute atomic E-state index is 12.7. The Kier molecular flexibility index (Phi) is 4.70. The molecule has 3 rings (SSSR count). The topological polar surface area (TPSA) is 75.7 Å². The molecule has 2 aliphatic rings. The van der Waals surface area contributed by atoms with E-state index in [0.29, 0.717) is 36.2 Å².